The third-order valence-corrected chi connectivity index (χ3v) is 5.67. The molecule has 1 aliphatic carbocycles. The van der Waals surface area contributed by atoms with E-state index in [1.54, 1.807) is 0 Å². The highest BCUT2D eigenvalue weighted by Gasteiger charge is 2.18. The van der Waals surface area contributed by atoms with Crippen molar-refractivity contribution in [2.75, 3.05) is 11.9 Å². The Morgan fingerprint density at radius 2 is 1.93 bits per heavy atom. The average Bonchev–Trinajstić information content (AvgIpc) is 3.10. The predicted octanol–water partition coefficient (Wildman–Crippen LogP) is 5.84. The summed E-state index contributed by atoms with van der Waals surface area (Å²) in [5.41, 5.74) is 4.29. The molecule has 0 spiro atoms. The number of rotatable bonds is 6. The molecule has 0 fully saturated rings. The first-order chi connectivity index (χ1) is 13.6. The van der Waals surface area contributed by atoms with Crippen molar-refractivity contribution in [1.82, 2.24) is 0 Å². The van der Waals surface area contributed by atoms with E-state index in [4.69, 9.17) is 9.15 Å². The van der Waals surface area contributed by atoms with Crippen LogP contribution in [-0.2, 0) is 17.6 Å². The number of carbonyl (C=O) groups excluding carboxylic acids is 1. The molecule has 1 heterocycles. The number of nitrogens with one attached hydrogen (secondary N) is 1. The first-order valence-corrected chi connectivity index (χ1v) is 10.2. The van der Waals surface area contributed by atoms with Crippen LogP contribution in [0, 0.1) is 0 Å². The van der Waals surface area contributed by atoms with Crippen molar-refractivity contribution in [3.63, 3.8) is 0 Å². The van der Waals surface area contributed by atoms with Crippen molar-refractivity contribution >= 4 is 22.6 Å². The lowest BCUT2D eigenvalue weighted by atomic mass is 9.96. The molecule has 146 valence electrons. The van der Waals surface area contributed by atoms with Crippen molar-refractivity contribution in [3.05, 3.63) is 59.4 Å². The molecule has 3 aromatic rings. The average molecular weight is 377 g/mol. The molecule has 0 unspecified atom stereocenters. The van der Waals surface area contributed by atoms with Crippen molar-refractivity contribution in [2.45, 2.75) is 51.9 Å². The summed E-state index contributed by atoms with van der Waals surface area (Å²) in [5, 5.41) is 4.01. The van der Waals surface area contributed by atoms with Crippen molar-refractivity contribution in [2.24, 2.45) is 0 Å². The topological polar surface area (TPSA) is 51.5 Å². The molecular formula is C24H27NO3. The third kappa shape index (κ3) is 3.91. The Hall–Kier alpha value is -2.75. The second kappa shape index (κ2) is 8.09. The van der Waals surface area contributed by atoms with E-state index in [1.807, 2.05) is 30.3 Å². The van der Waals surface area contributed by atoms with Crippen LogP contribution in [0.25, 0.3) is 11.0 Å². The van der Waals surface area contributed by atoms with Crippen LogP contribution in [0.3, 0.4) is 0 Å². The molecular weight excluding hydrogens is 350 g/mol. The fraction of sp³-hybridized carbons (Fsp3) is 0.375. The van der Waals surface area contributed by atoms with E-state index in [0.29, 0.717) is 11.7 Å². The van der Waals surface area contributed by atoms with Crippen LogP contribution in [0.1, 0.15) is 55.9 Å². The van der Waals surface area contributed by atoms with Gasteiger partial charge in [-0.2, -0.15) is 0 Å². The van der Waals surface area contributed by atoms with E-state index >= 15 is 0 Å². The number of fused-ring (bicyclic) bond motifs is 3. The molecule has 0 bridgehead atoms. The number of hydrogen-bond donors (Lipinski definition) is 1. The monoisotopic (exact) mass is 377 g/mol. The molecule has 4 nitrogen and oxygen atoms in total. The lowest BCUT2D eigenvalue weighted by Crippen LogP contribution is -2.20. The Morgan fingerprint density at radius 3 is 2.71 bits per heavy atom. The van der Waals surface area contributed by atoms with E-state index in [9.17, 15) is 4.79 Å². The Morgan fingerprint density at radius 1 is 1.14 bits per heavy atom. The van der Waals surface area contributed by atoms with Crippen LogP contribution in [-0.4, -0.2) is 12.5 Å². The van der Waals surface area contributed by atoms with Crippen LogP contribution < -0.4 is 10.1 Å². The summed E-state index contributed by atoms with van der Waals surface area (Å²) in [4.78, 5) is 12.3. The largest absolute Gasteiger partial charge is 0.484 e. The summed E-state index contributed by atoms with van der Waals surface area (Å²) in [6.45, 7) is 4.36. The van der Waals surface area contributed by atoms with Crippen LogP contribution in [0.4, 0.5) is 5.69 Å². The molecule has 4 heteroatoms. The second-order valence-corrected chi connectivity index (χ2v) is 7.64. The van der Waals surface area contributed by atoms with Gasteiger partial charge in [0.15, 0.2) is 6.61 Å². The first kappa shape index (κ1) is 18.6. The number of benzene rings is 2. The van der Waals surface area contributed by atoms with Crippen LogP contribution in [0.15, 0.2) is 46.9 Å². The van der Waals surface area contributed by atoms with Gasteiger partial charge in [0, 0.05) is 23.1 Å². The number of ether oxygens (including phenoxy) is 1. The number of hydrogen-bond acceptors (Lipinski definition) is 3. The summed E-state index contributed by atoms with van der Waals surface area (Å²) >= 11 is 0. The molecule has 1 amide bonds. The number of amides is 1. The van der Waals surface area contributed by atoms with E-state index in [0.717, 1.165) is 41.7 Å². The maximum Gasteiger partial charge on any atom is 0.262 e. The lowest BCUT2D eigenvalue weighted by Gasteiger charge is -2.11. The van der Waals surface area contributed by atoms with Gasteiger partial charge >= 0.3 is 0 Å². The predicted molar refractivity (Wildman–Crippen MR) is 112 cm³/mol. The third-order valence-electron chi connectivity index (χ3n) is 5.67. The SMILES string of the molecule is CC[C@@H](C)c1ccc(NC(=O)COc2ccc3oc4c(c3c2)CCCC4)cc1. The molecule has 4 rings (SSSR count). The van der Waals surface area contributed by atoms with Gasteiger partial charge in [-0.25, -0.2) is 0 Å². The van der Waals surface area contributed by atoms with E-state index in [1.165, 1.54) is 24.0 Å². The van der Waals surface area contributed by atoms with E-state index in [-0.39, 0.29) is 12.5 Å². The smallest absolute Gasteiger partial charge is 0.262 e. The maximum absolute atomic E-state index is 12.3. The van der Waals surface area contributed by atoms with Crippen molar-refractivity contribution in [1.29, 1.82) is 0 Å². The number of furan rings is 1. The van der Waals surface area contributed by atoms with E-state index < -0.39 is 0 Å². The molecule has 28 heavy (non-hydrogen) atoms. The number of carbonyl (C=O) groups is 1. The molecule has 0 aliphatic heterocycles. The standard InChI is InChI=1S/C24H27NO3/c1-3-16(2)17-8-10-18(11-9-17)25-24(26)15-27-19-12-13-23-21(14-19)20-6-4-5-7-22(20)28-23/h8-14,16H,3-7,15H2,1-2H3,(H,25,26)/t16-/m1/s1. The number of anilines is 1. The maximum atomic E-state index is 12.3. The summed E-state index contributed by atoms with van der Waals surface area (Å²) in [5.74, 6) is 2.17. The fourth-order valence-corrected chi connectivity index (χ4v) is 3.81. The first-order valence-electron chi connectivity index (χ1n) is 10.2. The van der Waals surface area contributed by atoms with Gasteiger partial charge < -0.3 is 14.5 Å². The van der Waals surface area contributed by atoms with Gasteiger partial charge in [-0.3, -0.25) is 4.79 Å². The minimum atomic E-state index is -0.161. The quantitative estimate of drug-likeness (QED) is 0.587. The van der Waals surface area contributed by atoms with Gasteiger partial charge in [0.1, 0.15) is 17.1 Å². The highest BCUT2D eigenvalue weighted by molar-refractivity contribution is 5.92. The summed E-state index contributed by atoms with van der Waals surface area (Å²) in [6.07, 6.45) is 5.56. The van der Waals surface area contributed by atoms with Gasteiger partial charge in [-0.15, -0.1) is 0 Å². The normalized spacial score (nSPS) is 14.5. The van der Waals surface area contributed by atoms with Crippen molar-refractivity contribution in [3.8, 4) is 5.75 Å². The Kier molecular flexibility index (Phi) is 5.38. The van der Waals surface area contributed by atoms with Crippen LogP contribution >= 0.6 is 0 Å². The molecule has 1 atom stereocenters. The van der Waals surface area contributed by atoms with E-state index in [2.05, 4.69) is 31.3 Å². The molecule has 0 radical (unpaired) electrons. The zero-order valence-electron chi connectivity index (χ0n) is 16.6. The molecule has 2 aromatic carbocycles. The van der Waals surface area contributed by atoms with Gasteiger partial charge in [0.05, 0.1) is 0 Å². The molecule has 1 N–H and O–H groups in total. The lowest BCUT2D eigenvalue weighted by molar-refractivity contribution is -0.118. The van der Waals surface area contributed by atoms with Crippen molar-refractivity contribution < 1.29 is 13.9 Å². The van der Waals surface area contributed by atoms with Crippen LogP contribution in [0.2, 0.25) is 0 Å². The Labute approximate surface area is 165 Å². The van der Waals surface area contributed by atoms with Gasteiger partial charge in [0.25, 0.3) is 5.91 Å². The van der Waals surface area contributed by atoms with Gasteiger partial charge in [0.2, 0.25) is 0 Å². The highest BCUT2D eigenvalue weighted by atomic mass is 16.5. The highest BCUT2D eigenvalue weighted by Crippen LogP contribution is 2.34. The fourth-order valence-electron chi connectivity index (χ4n) is 3.81. The molecule has 1 aliphatic rings. The van der Waals surface area contributed by atoms with Crippen LogP contribution in [0.5, 0.6) is 5.75 Å². The van der Waals surface area contributed by atoms with Gasteiger partial charge in [-0.05, 0) is 67.5 Å². The molecule has 1 aromatic heterocycles. The second-order valence-electron chi connectivity index (χ2n) is 7.64. The Balaban J connectivity index is 1.38. The zero-order chi connectivity index (χ0) is 19.5. The molecule has 0 saturated carbocycles. The zero-order valence-corrected chi connectivity index (χ0v) is 16.6. The Bertz CT molecular complexity index is 971. The number of aryl methyl sites for hydroxylation is 2. The summed E-state index contributed by atoms with van der Waals surface area (Å²) in [6, 6.07) is 13.8. The minimum Gasteiger partial charge on any atom is -0.484 e. The van der Waals surface area contributed by atoms with Gasteiger partial charge in [-0.1, -0.05) is 26.0 Å². The summed E-state index contributed by atoms with van der Waals surface area (Å²) in [7, 11) is 0. The summed E-state index contributed by atoms with van der Waals surface area (Å²) < 4.78 is 11.7. The molecule has 0 saturated heterocycles. The minimum absolute atomic E-state index is 0.0152.